The lowest BCUT2D eigenvalue weighted by molar-refractivity contribution is 0.0910. The van der Waals surface area contributed by atoms with Crippen molar-refractivity contribution in [2.24, 2.45) is 5.41 Å². The molecule has 0 radical (unpaired) electrons. The van der Waals surface area contributed by atoms with Crippen molar-refractivity contribution in [1.82, 2.24) is 9.97 Å². The van der Waals surface area contributed by atoms with Crippen molar-refractivity contribution in [3.8, 4) is 0 Å². The topological polar surface area (TPSA) is 89.0 Å². The van der Waals surface area contributed by atoms with Crippen LogP contribution in [0.1, 0.15) is 36.3 Å². The van der Waals surface area contributed by atoms with E-state index in [-0.39, 0.29) is 22.0 Å². The summed E-state index contributed by atoms with van der Waals surface area (Å²) in [6, 6.07) is 5.78. The Labute approximate surface area is 145 Å². The first kappa shape index (κ1) is 16.9. The molecule has 1 aliphatic carbocycles. The van der Waals surface area contributed by atoms with Crippen molar-refractivity contribution in [2.45, 2.75) is 31.6 Å². The number of fused-ring (bicyclic) bond motifs is 1. The van der Waals surface area contributed by atoms with Gasteiger partial charge >= 0.3 is 0 Å². The fraction of sp³-hybridized carbons (Fsp3) is 0.312. The summed E-state index contributed by atoms with van der Waals surface area (Å²) in [5.74, 6) is -0.0671. The SMILES string of the molecule is CC1(C)CC(=O)c2cnc(NS(=O)(=O)c3ccc(Cl)cc3)nc2C1. The van der Waals surface area contributed by atoms with Gasteiger partial charge in [0.25, 0.3) is 10.0 Å². The number of carbonyl (C=O) groups is 1. The Balaban J connectivity index is 1.91. The van der Waals surface area contributed by atoms with Crippen LogP contribution >= 0.6 is 11.6 Å². The normalized spacial score (nSPS) is 16.5. The van der Waals surface area contributed by atoms with Gasteiger partial charge in [0.05, 0.1) is 16.2 Å². The number of anilines is 1. The number of halogens is 1. The molecule has 1 heterocycles. The van der Waals surface area contributed by atoms with E-state index in [0.717, 1.165) is 0 Å². The van der Waals surface area contributed by atoms with Gasteiger partial charge in [0.1, 0.15) is 0 Å². The highest BCUT2D eigenvalue weighted by Gasteiger charge is 2.32. The van der Waals surface area contributed by atoms with Gasteiger partial charge < -0.3 is 0 Å². The van der Waals surface area contributed by atoms with Gasteiger partial charge in [-0.15, -0.1) is 0 Å². The van der Waals surface area contributed by atoms with Crippen LogP contribution in [0.2, 0.25) is 5.02 Å². The molecule has 8 heteroatoms. The number of aromatic nitrogens is 2. The Morgan fingerprint density at radius 3 is 2.50 bits per heavy atom. The van der Waals surface area contributed by atoms with Gasteiger partial charge in [-0.1, -0.05) is 25.4 Å². The van der Waals surface area contributed by atoms with Crippen LogP contribution < -0.4 is 4.72 Å². The molecule has 0 aliphatic heterocycles. The molecule has 1 aromatic heterocycles. The van der Waals surface area contributed by atoms with Crippen LogP contribution in [0.5, 0.6) is 0 Å². The number of rotatable bonds is 3. The maximum atomic E-state index is 12.4. The smallest absolute Gasteiger partial charge is 0.264 e. The molecular weight excluding hydrogens is 350 g/mol. The second kappa shape index (κ2) is 5.82. The first-order valence-corrected chi connectivity index (χ1v) is 9.20. The summed E-state index contributed by atoms with van der Waals surface area (Å²) in [6.45, 7) is 3.96. The van der Waals surface area contributed by atoms with E-state index < -0.39 is 10.0 Å². The molecule has 126 valence electrons. The van der Waals surface area contributed by atoms with Crippen molar-refractivity contribution in [2.75, 3.05) is 4.72 Å². The Kier molecular flexibility index (Phi) is 4.09. The number of nitrogens with zero attached hydrogens (tertiary/aromatic N) is 2. The molecule has 24 heavy (non-hydrogen) atoms. The largest absolute Gasteiger partial charge is 0.294 e. The van der Waals surface area contributed by atoms with Crippen LogP contribution in [0, 0.1) is 5.41 Å². The van der Waals surface area contributed by atoms with E-state index in [1.165, 1.54) is 30.5 Å². The second-order valence-electron chi connectivity index (χ2n) is 6.55. The number of benzene rings is 1. The third kappa shape index (κ3) is 3.42. The van der Waals surface area contributed by atoms with E-state index in [0.29, 0.717) is 29.1 Å². The van der Waals surface area contributed by atoms with Gasteiger partial charge in [0.2, 0.25) is 5.95 Å². The maximum Gasteiger partial charge on any atom is 0.264 e. The lowest BCUT2D eigenvalue weighted by atomic mass is 9.76. The summed E-state index contributed by atoms with van der Waals surface area (Å²) in [6.07, 6.45) is 2.41. The van der Waals surface area contributed by atoms with Crippen LogP contribution in [0.4, 0.5) is 5.95 Å². The molecule has 1 N–H and O–H groups in total. The lowest BCUT2D eigenvalue weighted by Gasteiger charge is -2.29. The average molecular weight is 366 g/mol. The van der Waals surface area contributed by atoms with Crippen molar-refractivity contribution in [3.05, 3.63) is 46.7 Å². The molecule has 0 bridgehead atoms. The standard InChI is InChI=1S/C16H16ClN3O3S/c1-16(2)7-13-12(14(21)8-16)9-18-15(19-13)20-24(22,23)11-5-3-10(17)4-6-11/h3-6,9H,7-8H2,1-2H3,(H,18,19,20). The summed E-state index contributed by atoms with van der Waals surface area (Å²) in [4.78, 5) is 20.4. The predicted molar refractivity (Wildman–Crippen MR) is 90.7 cm³/mol. The first-order chi connectivity index (χ1) is 11.2. The van der Waals surface area contributed by atoms with Gasteiger partial charge in [-0.25, -0.2) is 23.1 Å². The molecule has 6 nitrogen and oxygen atoms in total. The number of carbonyl (C=O) groups excluding carboxylic acids is 1. The molecule has 1 aromatic carbocycles. The molecule has 0 saturated carbocycles. The second-order valence-corrected chi connectivity index (χ2v) is 8.67. The highest BCUT2D eigenvalue weighted by atomic mass is 35.5. The zero-order valence-corrected chi connectivity index (χ0v) is 14.8. The predicted octanol–water partition coefficient (Wildman–Crippen LogP) is 3.09. The third-order valence-corrected chi connectivity index (χ3v) is 5.40. The van der Waals surface area contributed by atoms with E-state index in [4.69, 9.17) is 11.6 Å². The Morgan fingerprint density at radius 1 is 1.17 bits per heavy atom. The fourth-order valence-electron chi connectivity index (χ4n) is 2.67. The molecular formula is C16H16ClN3O3S. The monoisotopic (exact) mass is 365 g/mol. The van der Waals surface area contributed by atoms with Crippen LogP contribution in [0.25, 0.3) is 0 Å². The molecule has 0 unspecified atom stereocenters. The zero-order valence-electron chi connectivity index (χ0n) is 13.2. The molecule has 0 amide bonds. The number of nitrogens with one attached hydrogen (secondary N) is 1. The zero-order chi connectivity index (χ0) is 17.5. The van der Waals surface area contributed by atoms with Crippen molar-refractivity contribution < 1.29 is 13.2 Å². The number of hydrogen-bond donors (Lipinski definition) is 1. The number of sulfonamides is 1. The highest BCUT2D eigenvalue weighted by Crippen LogP contribution is 2.33. The molecule has 0 atom stereocenters. The highest BCUT2D eigenvalue weighted by molar-refractivity contribution is 7.92. The quantitative estimate of drug-likeness (QED) is 0.902. The number of Topliss-reactive ketones (excluding diaryl/α,β-unsaturated/α-hetero) is 1. The van der Waals surface area contributed by atoms with Gasteiger partial charge in [-0.3, -0.25) is 4.79 Å². The Hall–Kier alpha value is -1.99. The van der Waals surface area contributed by atoms with Crippen LogP contribution in [-0.2, 0) is 16.4 Å². The molecule has 0 saturated heterocycles. The van der Waals surface area contributed by atoms with Gasteiger partial charge in [-0.2, -0.15) is 0 Å². The molecule has 0 spiro atoms. The fourth-order valence-corrected chi connectivity index (χ4v) is 3.75. The minimum Gasteiger partial charge on any atom is -0.294 e. The Bertz CT molecular complexity index is 909. The van der Waals surface area contributed by atoms with Crippen molar-refractivity contribution >= 4 is 33.4 Å². The van der Waals surface area contributed by atoms with Crippen molar-refractivity contribution in [1.29, 1.82) is 0 Å². The van der Waals surface area contributed by atoms with E-state index in [1.54, 1.807) is 0 Å². The molecule has 2 aromatic rings. The van der Waals surface area contributed by atoms with Crippen molar-refractivity contribution in [3.63, 3.8) is 0 Å². The minimum absolute atomic E-state index is 0.0200. The van der Waals surface area contributed by atoms with Crippen LogP contribution in [0.15, 0.2) is 35.4 Å². The molecule has 3 rings (SSSR count). The summed E-state index contributed by atoms with van der Waals surface area (Å²) < 4.78 is 27.1. The number of hydrogen-bond acceptors (Lipinski definition) is 5. The lowest BCUT2D eigenvalue weighted by Crippen LogP contribution is -2.28. The maximum absolute atomic E-state index is 12.4. The van der Waals surface area contributed by atoms with Crippen LogP contribution in [-0.4, -0.2) is 24.2 Å². The summed E-state index contributed by atoms with van der Waals surface area (Å²) >= 11 is 5.77. The molecule has 0 fully saturated rings. The van der Waals surface area contributed by atoms with E-state index in [9.17, 15) is 13.2 Å². The molecule has 1 aliphatic rings. The summed E-state index contributed by atoms with van der Waals surface area (Å²) in [7, 11) is -3.82. The summed E-state index contributed by atoms with van der Waals surface area (Å²) in [5.41, 5.74) is 0.828. The van der Waals surface area contributed by atoms with E-state index in [2.05, 4.69) is 14.7 Å². The van der Waals surface area contributed by atoms with E-state index in [1.807, 2.05) is 13.8 Å². The van der Waals surface area contributed by atoms with Gasteiger partial charge in [0, 0.05) is 17.6 Å². The minimum atomic E-state index is -3.82. The summed E-state index contributed by atoms with van der Waals surface area (Å²) in [5, 5.41) is 0.444. The van der Waals surface area contributed by atoms with Gasteiger partial charge in [0.15, 0.2) is 5.78 Å². The van der Waals surface area contributed by atoms with Gasteiger partial charge in [-0.05, 0) is 36.1 Å². The van der Waals surface area contributed by atoms with E-state index >= 15 is 0 Å². The first-order valence-electron chi connectivity index (χ1n) is 7.34. The van der Waals surface area contributed by atoms with Crippen LogP contribution in [0.3, 0.4) is 0 Å². The Morgan fingerprint density at radius 2 is 1.83 bits per heavy atom. The third-order valence-electron chi connectivity index (χ3n) is 3.80. The average Bonchev–Trinajstić information content (AvgIpc) is 2.45. The number of ketones is 1.